The van der Waals surface area contributed by atoms with Crippen molar-refractivity contribution in [3.63, 3.8) is 0 Å². The second-order valence-electron chi connectivity index (χ2n) is 7.18. The number of nitrogens with zero attached hydrogens (tertiary/aromatic N) is 3. The molecule has 3 aromatic rings. The van der Waals surface area contributed by atoms with Gasteiger partial charge in [-0.1, -0.05) is 42.8 Å². The molecular formula is C22H26N4O3S. The van der Waals surface area contributed by atoms with Gasteiger partial charge in [-0.05, 0) is 37.1 Å². The van der Waals surface area contributed by atoms with Gasteiger partial charge in [-0.3, -0.25) is 4.79 Å². The van der Waals surface area contributed by atoms with Crippen LogP contribution in [0.1, 0.15) is 34.1 Å². The molecule has 0 bridgehead atoms. The number of aromatic nitrogens is 2. The minimum Gasteiger partial charge on any atom is -0.348 e. The minimum absolute atomic E-state index is 0.0982. The molecule has 0 aliphatic heterocycles. The molecule has 3 rings (SSSR count). The Bertz CT molecular complexity index is 1150. The number of nitrogens with one attached hydrogen (secondary N) is 1. The van der Waals surface area contributed by atoms with E-state index in [2.05, 4.69) is 10.4 Å². The summed E-state index contributed by atoms with van der Waals surface area (Å²) in [6.07, 6.45) is 2.18. The summed E-state index contributed by atoms with van der Waals surface area (Å²) in [7, 11) is -0.635. The zero-order valence-corrected chi connectivity index (χ0v) is 18.4. The van der Waals surface area contributed by atoms with Gasteiger partial charge >= 0.3 is 0 Å². The van der Waals surface area contributed by atoms with Crippen LogP contribution in [0.2, 0.25) is 0 Å². The lowest BCUT2D eigenvalue weighted by Crippen LogP contribution is -2.27. The Morgan fingerprint density at radius 3 is 2.40 bits per heavy atom. The Hall–Kier alpha value is -2.97. The van der Waals surface area contributed by atoms with Crippen LogP contribution in [0.25, 0.3) is 5.69 Å². The van der Waals surface area contributed by atoms with Crippen LogP contribution in [0.15, 0.2) is 59.6 Å². The zero-order chi connectivity index (χ0) is 21.9. The summed E-state index contributed by atoms with van der Waals surface area (Å²) in [6, 6.07) is 14.6. The molecule has 8 heteroatoms. The minimum atomic E-state index is -3.60. The van der Waals surface area contributed by atoms with E-state index in [0.717, 1.165) is 21.2 Å². The number of hydrogen-bond acceptors (Lipinski definition) is 4. The lowest BCUT2D eigenvalue weighted by atomic mass is 10.1. The van der Waals surface area contributed by atoms with Crippen molar-refractivity contribution in [3.05, 3.63) is 77.1 Å². The van der Waals surface area contributed by atoms with Gasteiger partial charge in [0.2, 0.25) is 10.0 Å². The highest BCUT2D eigenvalue weighted by molar-refractivity contribution is 7.89. The molecule has 0 fully saturated rings. The van der Waals surface area contributed by atoms with Gasteiger partial charge in [-0.25, -0.2) is 17.4 Å². The van der Waals surface area contributed by atoms with Gasteiger partial charge in [-0.2, -0.15) is 5.10 Å². The van der Waals surface area contributed by atoms with Crippen molar-refractivity contribution >= 4 is 15.9 Å². The van der Waals surface area contributed by atoms with Gasteiger partial charge in [-0.15, -0.1) is 0 Å². The first-order chi connectivity index (χ1) is 14.3. The van der Waals surface area contributed by atoms with Gasteiger partial charge in [0, 0.05) is 20.6 Å². The zero-order valence-electron chi connectivity index (χ0n) is 17.6. The Balaban J connectivity index is 1.84. The lowest BCUT2D eigenvalue weighted by Gasteiger charge is -2.15. The average molecular weight is 427 g/mol. The van der Waals surface area contributed by atoms with Gasteiger partial charge in [0.25, 0.3) is 5.91 Å². The third kappa shape index (κ3) is 4.29. The molecule has 30 heavy (non-hydrogen) atoms. The number of carbonyl (C=O) groups excluding carboxylic acids is 1. The predicted octanol–water partition coefficient (Wildman–Crippen LogP) is 2.92. The summed E-state index contributed by atoms with van der Waals surface area (Å²) >= 11 is 0. The summed E-state index contributed by atoms with van der Waals surface area (Å²) in [5.74, 6) is -0.290. The van der Waals surface area contributed by atoms with E-state index in [-0.39, 0.29) is 17.3 Å². The van der Waals surface area contributed by atoms with Crippen LogP contribution in [0.4, 0.5) is 0 Å². The van der Waals surface area contributed by atoms with E-state index in [0.29, 0.717) is 17.5 Å². The molecule has 1 aromatic heterocycles. The van der Waals surface area contributed by atoms with Crippen molar-refractivity contribution in [2.75, 3.05) is 14.1 Å². The molecule has 1 amide bonds. The number of aryl methyl sites for hydroxylation is 1. The normalized spacial score (nSPS) is 11.6. The van der Waals surface area contributed by atoms with E-state index in [1.807, 2.05) is 38.1 Å². The first kappa shape index (κ1) is 21.7. The number of carbonyl (C=O) groups is 1. The molecule has 7 nitrogen and oxygen atoms in total. The molecule has 0 saturated heterocycles. The highest BCUT2D eigenvalue weighted by Crippen LogP contribution is 2.20. The van der Waals surface area contributed by atoms with E-state index in [1.54, 1.807) is 35.1 Å². The molecule has 1 N–H and O–H groups in total. The average Bonchev–Trinajstić information content (AvgIpc) is 3.16. The Morgan fingerprint density at radius 2 is 1.77 bits per heavy atom. The van der Waals surface area contributed by atoms with E-state index in [4.69, 9.17) is 0 Å². The maximum Gasteiger partial charge on any atom is 0.255 e. The molecule has 0 spiro atoms. The first-order valence-corrected chi connectivity index (χ1v) is 11.1. The SMILES string of the molecule is CCc1c(C(=O)NCc2ccccc2S(=O)(=O)N(C)C)cnn1-c1ccc(C)cc1. The third-order valence-corrected chi connectivity index (χ3v) is 6.81. The summed E-state index contributed by atoms with van der Waals surface area (Å²) in [6.45, 7) is 4.08. The summed E-state index contributed by atoms with van der Waals surface area (Å²) in [4.78, 5) is 13.0. The largest absolute Gasteiger partial charge is 0.348 e. The lowest BCUT2D eigenvalue weighted by molar-refractivity contribution is 0.0949. The van der Waals surface area contributed by atoms with Crippen LogP contribution in [0.5, 0.6) is 0 Å². The molecule has 0 saturated carbocycles. The number of rotatable bonds is 7. The summed E-state index contributed by atoms with van der Waals surface area (Å²) in [5, 5.41) is 7.24. The van der Waals surface area contributed by atoms with Crippen molar-refractivity contribution in [1.29, 1.82) is 0 Å². The molecule has 158 valence electrons. The number of amides is 1. The maximum absolute atomic E-state index is 12.9. The standard InChI is InChI=1S/C22H26N4O3S/c1-5-20-19(15-24-26(20)18-12-10-16(2)11-13-18)22(27)23-14-17-8-6-7-9-21(17)30(28,29)25(3)4/h6-13,15H,5,14H2,1-4H3,(H,23,27). The van der Waals surface area contributed by atoms with Crippen LogP contribution < -0.4 is 5.32 Å². The van der Waals surface area contributed by atoms with E-state index < -0.39 is 10.0 Å². The molecule has 2 aromatic carbocycles. The molecule has 0 atom stereocenters. The van der Waals surface area contributed by atoms with Crippen LogP contribution >= 0.6 is 0 Å². The van der Waals surface area contributed by atoms with Crippen molar-refractivity contribution < 1.29 is 13.2 Å². The summed E-state index contributed by atoms with van der Waals surface area (Å²) in [5.41, 5.74) is 3.84. The number of sulfonamides is 1. The van der Waals surface area contributed by atoms with Gasteiger partial charge in [0.15, 0.2) is 0 Å². The number of hydrogen-bond donors (Lipinski definition) is 1. The fourth-order valence-corrected chi connectivity index (χ4v) is 4.30. The van der Waals surface area contributed by atoms with Crippen LogP contribution in [0.3, 0.4) is 0 Å². The smallest absolute Gasteiger partial charge is 0.255 e. The molecule has 0 unspecified atom stereocenters. The molecule has 0 aliphatic rings. The fraction of sp³-hybridized carbons (Fsp3) is 0.273. The fourth-order valence-electron chi connectivity index (χ4n) is 3.18. The van der Waals surface area contributed by atoms with Crippen molar-refractivity contribution in [2.24, 2.45) is 0 Å². The van der Waals surface area contributed by atoms with Gasteiger partial charge < -0.3 is 5.32 Å². The highest BCUT2D eigenvalue weighted by atomic mass is 32.2. The monoisotopic (exact) mass is 426 g/mol. The van der Waals surface area contributed by atoms with E-state index in [9.17, 15) is 13.2 Å². The van der Waals surface area contributed by atoms with Gasteiger partial charge in [0.05, 0.1) is 28.0 Å². The highest BCUT2D eigenvalue weighted by Gasteiger charge is 2.22. The maximum atomic E-state index is 12.9. The molecular weight excluding hydrogens is 400 g/mol. The molecule has 0 radical (unpaired) electrons. The number of benzene rings is 2. The second-order valence-corrected chi connectivity index (χ2v) is 9.30. The quantitative estimate of drug-likeness (QED) is 0.630. The summed E-state index contributed by atoms with van der Waals surface area (Å²) < 4.78 is 28.0. The van der Waals surface area contributed by atoms with Crippen LogP contribution in [-0.2, 0) is 23.0 Å². The third-order valence-electron chi connectivity index (χ3n) is 4.90. The Kier molecular flexibility index (Phi) is 6.38. The molecule has 1 heterocycles. The van der Waals surface area contributed by atoms with E-state index >= 15 is 0 Å². The van der Waals surface area contributed by atoms with Crippen LogP contribution in [0, 0.1) is 6.92 Å². The van der Waals surface area contributed by atoms with Crippen molar-refractivity contribution in [1.82, 2.24) is 19.4 Å². The first-order valence-electron chi connectivity index (χ1n) is 9.68. The Labute approximate surface area is 177 Å². The van der Waals surface area contributed by atoms with Crippen molar-refractivity contribution in [2.45, 2.75) is 31.7 Å². The van der Waals surface area contributed by atoms with E-state index in [1.165, 1.54) is 14.1 Å². The topological polar surface area (TPSA) is 84.3 Å². The van der Waals surface area contributed by atoms with Gasteiger partial charge in [0.1, 0.15) is 0 Å². The predicted molar refractivity (Wildman–Crippen MR) is 116 cm³/mol. The van der Waals surface area contributed by atoms with Crippen molar-refractivity contribution in [3.8, 4) is 5.69 Å². The van der Waals surface area contributed by atoms with Crippen LogP contribution in [-0.4, -0.2) is 42.5 Å². The molecule has 0 aliphatic carbocycles. The second kappa shape index (κ2) is 8.81. The Morgan fingerprint density at radius 1 is 1.10 bits per heavy atom.